The first-order valence-electron chi connectivity index (χ1n) is 25.6. The number of aromatic nitrogens is 6. The summed E-state index contributed by atoms with van der Waals surface area (Å²) in [5, 5.41) is 5.78. The number of benzene rings is 9. The molecule has 6 nitrogen and oxygen atoms in total. The average molecular weight is 1010 g/mol. The molecule has 16 rings (SSSR count). The van der Waals surface area contributed by atoms with Gasteiger partial charge in [0.05, 0.1) is 61.9 Å². The summed E-state index contributed by atoms with van der Waals surface area (Å²) in [6.07, 6.45) is 7.19. The summed E-state index contributed by atoms with van der Waals surface area (Å²) in [6, 6.07) is 74.9. The van der Waals surface area contributed by atoms with E-state index < -0.39 is 0 Å². The third-order valence-electron chi connectivity index (χ3n) is 15.7. The van der Waals surface area contributed by atoms with Crippen LogP contribution in [0.2, 0.25) is 0 Å². The number of rotatable bonds is 3. The summed E-state index contributed by atoms with van der Waals surface area (Å²) in [6.45, 7) is 9.17. The number of aromatic amines is 1. The second-order valence-corrected chi connectivity index (χ2v) is 21.1. The Morgan fingerprint density at radius 2 is 0.947 bits per heavy atom. The fourth-order valence-corrected chi connectivity index (χ4v) is 12.3. The molecular weight excluding hydrogens is 955 g/mol. The molecule has 0 spiro atoms. The van der Waals surface area contributed by atoms with Crippen LogP contribution in [0.15, 0.2) is 235 Å². The van der Waals surface area contributed by atoms with Gasteiger partial charge in [0.15, 0.2) is 5.70 Å². The van der Waals surface area contributed by atoms with Crippen molar-refractivity contribution in [1.82, 2.24) is 28.7 Å². The number of hydrogen-bond acceptors (Lipinski definition) is 2. The predicted octanol–water partition coefficient (Wildman–Crippen LogP) is 17.6. The number of nitrogens with zero attached hydrogens (tertiary/aromatic N) is 5. The highest BCUT2D eigenvalue weighted by molar-refractivity contribution is 6.31. The maximum Gasteiger partial charge on any atom is 0.206 e. The van der Waals surface area contributed by atoms with Crippen molar-refractivity contribution in [3.05, 3.63) is 258 Å². The lowest BCUT2D eigenvalue weighted by Gasteiger charge is -2.35. The van der Waals surface area contributed by atoms with E-state index in [0.717, 1.165) is 45.2 Å². The molecule has 0 saturated carbocycles. The normalized spacial score (nSPS) is 14.4. The molecule has 0 amide bonds. The molecule has 1 N–H and O–H groups in total. The van der Waals surface area contributed by atoms with E-state index in [1.54, 1.807) is 0 Å². The second kappa shape index (κ2) is 17.8. The van der Waals surface area contributed by atoms with Crippen LogP contribution >= 0.6 is 11.6 Å². The van der Waals surface area contributed by atoms with Crippen molar-refractivity contribution in [3.8, 4) is 34.2 Å². The lowest BCUT2D eigenvalue weighted by molar-refractivity contribution is 0.629. The number of halogens is 2. The van der Waals surface area contributed by atoms with Crippen LogP contribution in [-0.2, 0) is 10.8 Å². The highest BCUT2D eigenvalue weighted by Crippen LogP contribution is 2.49. The number of H-pyrrole nitrogens is 1. The SMILES string of the molecule is CC1(C)C2=C(C=C(Cl)[C+]=C2)n2c(-c3ccccc3)nc3cccc1c32.CC1(C)c2ccc(-n3c4ccccc4c4ccccc43)cc2-n2c(-c3ccccc3)nc3cccc1c32.F.c1ccc2c(c1)[nH]c1ccccc12. The van der Waals surface area contributed by atoms with Crippen LogP contribution < -0.4 is 0 Å². The molecule has 9 aromatic carbocycles. The molecule has 0 bridgehead atoms. The number of fused-ring (bicyclic) bond motifs is 9. The van der Waals surface area contributed by atoms with Gasteiger partial charge >= 0.3 is 0 Å². The highest BCUT2D eigenvalue weighted by atomic mass is 35.5. The van der Waals surface area contributed by atoms with Crippen LogP contribution in [-0.4, -0.2) is 28.7 Å². The maximum atomic E-state index is 6.31. The largest absolute Gasteiger partial charge is 0.355 e. The molecule has 0 radical (unpaired) electrons. The third kappa shape index (κ3) is 7.11. The Balaban J connectivity index is 0.000000122. The lowest BCUT2D eigenvalue weighted by atomic mass is 9.73. The molecule has 0 saturated heterocycles. The van der Waals surface area contributed by atoms with Crippen molar-refractivity contribution in [3.63, 3.8) is 0 Å². The fourth-order valence-electron chi connectivity index (χ4n) is 12.1. The molecule has 1 aliphatic carbocycles. The third-order valence-corrected chi connectivity index (χ3v) is 15.9. The van der Waals surface area contributed by atoms with E-state index in [1.807, 2.05) is 30.4 Å². The van der Waals surface area contributed by atoms with Gasteiger partial charge in [-0.25, -0.2) is 9.97 Å². The van der Waals surface area contributed by atoms with Gasteiger partial charge < -0.3 is 9.55 Å². The number of imidazole rings is 2. The van der Waals surface area contributed by atoms with Gasteiger partial charge in [-0.15, -0.1) is 0 Å². The zero-order valence-electron chi connectivity index (χ0n) is 42.4. The lowest BCUT2D eigenvalue weighted by Crippen LogP contribution is -2.27. The van der Waals surface area contributed by atoms with Gasteiger partial charge in [-0.05, 0) is 85.1 Å². The van der Waals surface area contributed by atoms with Crippen molar-refractivity contribution in [1.29, 1.82) is 0 Å². The van der Waals surface area contributed by atoms with E-state index in [2.05, 4.69) is 247 Å². The number of nitrogens with one attached hydrogen (secondary N) is 1. The summed E-state index contributed by atoms with van der Waals surface area (Å²) in [5.74, 6) is 1.93. The Kier molecular flexibility index (Phi) is 10.9. The van der Waals surface area contributed by atoms with Crippen LogP contribution in [0.25, 0.3) is 106 Å². The van der Waals surface area contributed by atoms with Gasteiger partial charge in [-0.2, -0.15) is 0 Å². The Labute approximate surface area is 444 Å². The van der Waals surface area contributed by atoms with E-state index in [1.165, 1.54) is 82.6 Å². The molecule has 6 heterocycles. The van der Waals surface area contributed by atoms with Crippen LogP contribution in [0.1, 0.15) is 44.4 Å². The molecule has 0 unspecified atom stereocenters. The Morgan fingerprint density at radius 3 is 1.53 bits per heavy atom. The summed E-state index contributed by atoms with van der Waals surface area (Å²) in [5.41, 5.74) is 19.8. The molecule has 8 heteroatoms. The average Bonchev–Trinajstić information content (AvgIpc) is 4.33. The van der Waals surface area contributed by atoms with Crippen molar-refractivity contribution >= 4 is 83.0 Å². The molecule has 0 fully saturated rings. The summed E-state index contributed by atoms with van der Waals surface area (Å²) in [7, 11) is 0. The number of para-hydroxylation sites is 6. The highest BCUT2D eigenvalue weighted by Gasteiger charge is 2.42. The van der Waals surface area contributed by atoms with Crippen LogP contribution in [0.3, 0.4) is 0 Å². The smallest absolute Gasteiger partial charge is 0.206 e. The van der Waals surface area contributed by atoms with Crippen LogP contribution in [0.5, 0.6) is 0 Å². The fraction of sp³-hybridized carbons (Fsp3) is 0.0882. The minimum atomic E-state index is -0.141. The first kappa shape index (κ1) is 46.6. The van der Waals surface area contributed by atoms with E-state index in [4.69, 9.17) is 21.6 Å². The Hall–Kier alpha value is -9.13. The number of hydrogen-bond donors (Lipinski definition) is 1. The maximum absolute atomic E-state index is 6.31. The van der Waals surface area contributed by atoms with Gasteiger partial charge in [0.2, 0.25) is 5.03 Å². The predicted molar refractivity (Wildman–Crippen MR) is 314 cm³/mol. The van der Waals surface area contributed by atoms with Crippen LogP contribution in [0.4, 0.5) is 4.70 Å². The number of allylic oxidation sites excluding steroid dienone is 6. The van der Waals surface area contributed by atoms with Crippen LogP contribution in [0, 0.1) is 6.08 Å². The van der Waals surface area contributed by atoms with E-state index in [-0.39, 0.29) is 15.5 Å². The topological polar surface area (TPSA) is 56.4 Å². The van der Waals surface area contributed by atoms with Gasteiger partial charge in [-0.1, -0.05) is 178 Å². The monoisotopic (exact) mass is 1010 g/mol. The minimum Gasteiger partial charge on any atom is -0.355 e. The van der Waals surface area contributed by atoms with Gasteiger partial charge in [0.1, 0.15) is 17.7 Å². The molecule has 13 aromatic rings. The summed E-state index contributed by atoms with van der Waals surface area (Å²) in [4.78, 5) is 13.5. The second-order valence-electron chi connectivity index (χ2n) is 20.7. The summed E-state index contributed by atoms with van der Waals surface area (Å²) >= 11 is 6.31. The zero-order valence-corrected chi connectivity index (χ0v) is 43.1. The van der Waals surface area contributed by atoms with Crippen molar-refractivity contribution in [2.75, 3.05) is 0 Å². The molecule has 366 valence electrons. The van der Waals surface area contributed by atoms with Crippen molar-refractivity contribution in [2.24, 2.45) is 0 Å². The molecule has 76 heavy (non-hydrogen) atoms. The molecule has 0 atom stereocenters. The van der Waals surface area contributed by atoms with E-state index in [9.17, 15) is 0 Å². The molecule has 4 aromatic heterocycles. The molecule has 3 aliphatic rings. The van der Waals surface area contributed by atoms with Gasteiger partial charge in [-0.3, -0.25) is 13.8 Å². The van der Waals surface area contributed by atoms with Crippen molar-refractivity contribution < 1.29 is 4.70 Å². The molecular formula is C68H51ClFN6+. The molecule has 2 aliphatic heterocycles. The first-order valence-corrected chi connectivity index (χ1v) is 26.0. The van der Waals surface area contributed by atoms with E-state index in [0.29, 0.717) is 5.03 Å². The standard InChI is InChI=1S/C34H25N3.C22H16ClN2.C12H9N.FH/c1-34(2)26-20-19-23(36-29-17-8-6-13-24(29)25-14-7-9-18-30(25)36)21-31(26)37-32-27(34)15-10-16-28(32)35-33(37)22-11-4-3-5-12-22;1-22(2)16-12-11-15(23)13-19(16)25-20-17(22)9-6-10-18(20)24-21(25)14-7-4-3-5-8-14;1-3-7-11-9(5-1)10-6-2-4-8-12(10)13-11;/h3-21H,1-2H3;3-10,12-13H,1-2H3;1-8,13H;1H/q;+1;;. The first-order chi connectivity index (χ1) is 36.6. The zero-order chi connectivity index (χ0) is 50.6. The minimum absolute atomic E-state index is 0. The summed E-state index contributed by atoms with van der Waals surface area (Å²) < 4.78 is 7.03. The van der Waals surface area contributed by atoms with Gasteiger partial charge in [0.25, 0.3) is 0 Å². The Morgan fingerprint density at radius 1 is 0.461 bits per heavy atom. The van der Waals surface area contributed by atoms with Gasteiger partial charge in [0, 0.05) is 60.4 Å². The Bertz CT molecular complexity index is 4440. The van der Waals surface area contributed by atoms with E-state index >= 15 is 0 Å². The quantitative estimate of drug-likeness (QED) is 0.179. The van der Waals surface area contributed by atoms with Crippen molar-refractivity contribution in [2.45, 2.75) is 38.5 Å².